The van der Waals surface area contributed by atoms with E-state index in [1.54, 1.807) is 0 Å². The summed E-state index contributed by atoms with van der Waals surface area (Å²) in [5.41, 5.74) is 4.12. The molecule has 0 unspecified atom stereocenters. The number of nitrogens with zero attached hydrogens (tertiary/aromatic N) is 2. The molecule has 6 heteroatoms. The van der Waals surface area contributed by atoms with Gasteiger partial charge in [-0.1, -0.05) is 6.07 Å². The van der Waals surface area contributed by atoms with Gasteiger partial charge in [-0.05, 0) is 44.8 Å². The van der Waals surface area contributed by atoms with Crippen LogP contribution in [0.2, 0.25) is 0 Å². The molecular formula is C17H22N2O4. The number of rotatable bonds is 5. The minimum atomic E-state index is -1.26. The summed E-state index contributed by atoms with van der Waals surface area (Å²) in [5, 5.41) is 15.6. The lowest BCUT2D eigenvalue weighted by Gasteiger charge is -2.10. The number of likely N-dealkylation sites (N-methyl/N-ethyl adjacent to an activating group) is 1. The predicted molar refractivity (Wildman–Crippen MR) is 88.8 cm³/mol. The molecule has 2 heterocycles. The summed E-state index contributed by atoms with van der Waals surface area (Å²) in [6, 6.07) is 8.59. The Hall–Kier alpha value is -2.60. The summed E-state index contributed by atoms with van der Waals surface area (Å²) < 4.78 is 2.29. The Kier molecular flexibility index (Phi) is 7.02. The molecule has 0 aromatic carbocycles. The van der Waals surface area contributed by atoms with Crippen molar-refractivity contribution in [3.05, 3.63) is 53.9 Å². The van der Waals surface area contributed by atoms with Crippen molar-refractivity contribution in [2.45, 2.75) is 13.3 Å². The minimum absolute atomic E-state index is 0.558. The Labute approximate surface area is 135 Å². The predicted octanol–water partition coefficient (Wildman–Crippen LogP) is 2.06. The summed E-state index contributed by atoms with van der Waals surface area (Å²) in [7, 11) is 4.23. The van der Waals surface area contributed by atoms with E-state index in [2.05, 4.69) is 60.8 Å². The molecule has 0 spiro atoms. The smallest absolute Gasteiger partial charge is 0.328 e. The molecule has 0 aliphatic carbocycles. The second kappa shape index (κ2) is 8.75. The van der Waals surface area contributed by atoms with E-state index in [9.17, 15) is 9.59 Å². The van der Waals surface area contributed by atoms with Crippen LogP contribution in [-0.2, 0) is 16.0 Å². The van der Waals surface area contributed by atoms with Crippen LogP contribution in [0.1, 0.15) is 11.3 Å². The largest absolute Gasteiger partial charge is 0.478 e. The average molecular weight is 318 g/mol. The normalized spacial score (nSPS) is 10.8. The Morgan fingerprint density at radius 1 is 1.17 bits per heavy atom. The lowest BCUT2D eigenvalue weighted by molar-refractivity contribution is -0.134. The fraction of sp³-hybridized carbons (Fsp3) is 0.294. The van der Waals surface area contributed by atoms with E-state index in [0.717, 1.165) is 13.0 Å². The van der Waals surface area contributed by atoms with E-state index in [1.807, 2.05) is 0 Å². The van der Waals surface area contributed by atoms with Crippen LogP contribution >= 0.6 is 0 Å². The van der Waals surface area contributed by atoms with Crippen molar-refractivity contribution in [3.8, 4) is 0 Å². The van der Waals surface area contributed by atoms with Gasteiger partial charge in [-0.3, -0.25) is 0 Å². The van der Waals surface area contributed by atoms with Gasteiger partial charge in [0.1, 0.15) is 0 Å². The topological polar surface area (TPSA) is 82.2 Å². The highest BCUT2D eigenvalue weighted by molar-refractivity contribution is 5.89. The zero-order valence-corrected chi connectivity index (χ0v) is 13.6. The average Bonchev–Trinajstić information content (AvgIpc) is 2.79. The number of hydrogen-bond acceptors (Lipinski definition) is 3. The molecule has 0 amide bonds. The van der Waals surface area contributed by atoms with Crippen molar-refractivity contribution in [3.63, 3.8) is 0 Å². The highest BCUT2D eigenvalue weighted by atomic mass is 16.4. The minimum Gasteiger partial charge on any atom is -0.478 e. The SMILES string of the molecule is Cc1cc2ccccn2c1CCN(C)C.O=C(O)C=CC(=O)O. The number of carboxylic acid groups (broad SMARTS) is 2. The van der Waals surface area contributed by atoms with Crippen LogP contribution in [0.25, 0.3) is 5.52 Å². The van der Waals surface area contributed by atoms with Crippen LogP contribution in [0.5, 0.6) is 0 Å². The van der Waals surface area contributed by atoms with Gasteiger partial charge in [-0.2, -0.15) is 0 Å². The van der Waals surface area contributed by atoms with Gasteiger partial charge in [-0.15, -0.1) is 0 Å². The maximum absolute atomic E-state index is 9.55. The van der Waals surface area contributed by atoms with Crippen LogP contribution in [0.15, 0.2) is 42.6 Å². The third-order valence-corrected chi connectivity index (χ3v) is 3.17. The first kappa shape index (κ1) is 18.4. The number of carbonyl (C=O) groups is 2. The van der Waals surface area contributed by atoms with Gasteiger partial charge in [-0.25, -0.2) is 9.59 Å². The first-order chi connectivity index (χ1) is 10.8. The first-order valence-corrected chi connectivity index (χ1v) is 7.15. The van der Waals surface area contributed by atoms with Crippen LogP contribution < -0.4 is 0 Å². The quantitative estimate of drug-likeness (QED) is 0.825. The van der Waals surface area contributed by atoms with Crippen molar-refractivity contribution in [2.24, 2.45) is 0 Å². The molecular weight excluding hydrogens is 296 g/mol. The van der Waals surface area contributed by atoms with Gasteiger partial charge in [0.25, 0.3) is 0 Å². The molecule has 2 aromatic heterocycles. The monoisotopic (exact) mass is 318 g/mol. The van der Waals surface area contributed by atoms with Crippen molar-refractivity contribution in [1.82, 2.24) is 9.30 Å². The number of aryl methyl sites for hydroxylation is 1. The van der Waals surface area contributed by atoms with Gasteiger partial charge >= 0.3 is 11.9 Å². The van der Waals surface area contributed by atoms with E-state index in [1.165, 1.54) is 16.8 Å². The molecule has 23 heavy (non-hydrogen) atoms. The van der Waals surface area contributed by atoms with Gasteiger partial charge < -0.3 is 19.5 Å². The van der Waals surface area contributed by atoms with Crippen molar-refractivity contribution < 1.29 is 19.8 Å². The summed E-state index contributed by atoms with van der Waals surface area (Å²) in [6.45, 7) is 3.29. The van der Waals surface area contributed by atoms with Gasteiger partial charge in [0.2, 0.25) is 0 Å². The van der Waals surface area contributed by atoms with Gasteiger partial charge in [0.05, 0.1) is 0 Å². The number of pyridine rings is 1. The van der Waals surface area contributed by atoms with Gasteiger partial charge in [0.15, 0.2) is 0 Å². The maximum Gasteiger partial charge on any atom is 0.328 e. The maximum atomic E-state index is 9.55. The first-order valence-electron chi connectivity index (χ1n) is 7.15. The number of fused-ring (bicyclic) bond motifs is 1. The molecule has 0 aliphatic heterocycles. The summed E-state index contributed by atoms with van der Waals surface area (Å²) in [4.78, 5) is 21.3. The molecule has 0 atom stereocenters. The van der Waals surface area contributed by atoms with Gasteiger partial charge in [0, 0.05) is 42.5 Å². The molecule has 0 aliphatic rings. The van der Waals surface area contributed by atoms with E-state index in [-0.39, 0.29) is 0 Å². The second-order valence-electron chi connectivity index (χ2n) is 5.33. The summed E-state index contributed by atoms with van der Waals surface area (Å²) in [6.07, 6.45) is 4.37. The Balaban J connectivity index is 0.000000284. The van der Waals surface area contributed by atoms with Crippen molar-refractivity contribution >= 4 is 17.5 Å². The molecule has 2 rings (SSSR count). The number of hydrogen-bond donors (Lipinski definition) is 2. The van der Waals surface area contributed by atoms with E-state index >= 15 is 0 Å². The molecule has 6 nitrogen and oxygen atoms in total. The molecule has 0 fully saturated rings. The lowest BCUT2D eigenvalue weighted by Crippen LogP contribution is -2.16. The van der Waals surface area contributed by atoms with Crippen LogP contribution in [0.3, 0.4) is 0 Å². The highest BCUT2D eigenvalue weighted by Gasteiger charge is 2.05. The number of carboxylic acids is 2. The molecule has 124 valence electrons. The van der Waals surface area contributed by atoms with Crippen LogP contribution in [-0.4, -0.2) is 52.1 Å². The standard InChI is InChI=1S/C13H18N2.C4H4O4/c1-11-10-12-6-4-5-8-15(12)13(11)7-9-14(2)3;5-3(6)1-2-4(7)8/h4-6,8,10H,7,9H2,1-3H3;1-2H,(H,5,6)(H,7,8). The fourth-order valence-corrected chi connectivity index (χ4v) is 2.10. The van der Waals surface area contributed by atoms with E-state index in [4.69, 9.17) is 10.2 Å². The third kappa shape index (κ3) is 6.36. The van der Waals surface area contributed by atoms with Crippen molar-refractivity contribution in [1.29, 1.82) is 0 Å². The molecule has 0 bridgehead atoms. The molecule has 0 saturated heterocycles. The fourth-order valence-electron chi connectivity index (χ4n) is 2.10. The van der Waals surface area contributed by atoms with Crippen LogP contribution in [0, 0.1) is 6.92 Å². The second-order valence-corrected chi connectivity index (χ2v) is 5.33. The zero-order chi connectivity index (χ0) is 17.4. The molecule has 0 radical (unpaired) electrons. The molecule has 2 aromatic rings. The van der Waals surface area contributed by atoms with Crippen LogP contribution in [0.4, 0.5) is 0 Å². The summed E-state index contributed by atoms with van der Waals surface area (Å²) >= 11 is 0. The van der Waals surface area contributed by atoms with E-state index in [0.29, 0.717) is 12.2 Å². The Morgan fingerprint density at radius 2 is 1.78 bits per heavy atom. The summed E-state index contributed by atoms with van der Waals surface area (Å²) in [5.74, 6) is -2.51. The van der Waals surface area contributed by atoms with E-state index < -0.39 is 11.9 Å². The van der Waals surface area contributed by atoms with Crippen molar-refractivity contribution in [2.75, 3.05) is 20.6 Å². The Bertz CT molecular complexity index is 686. The highest BCUT2D eigenvalue weighted by Crippen LogP contribution is 2.16. The molecule has 2 N–H and O–H groups in total. The lowest BCUT2D eigenvalue weighted by atomic mass is 10.2. The zero-order valence-electron chi connectivity index (χ0n) is 13.6. The number of aromatic nitrogens is 1. The third-order valence-electron chi connectivity index (χ3n) is 3.17. The number of aliphatic carboxylic acids is 2. The molecule has 0 saturated carbocycles. The Morgan fingerprint density at radius 3 is 2.30 bits per heavy atom.